The molecule has 0 bridgehead atoms. The standard InChI is InChI=1S/C14H10F3/c1-10-4-2-3-5-13(10)11-6-8-12(9-7-11)14(15,16)17/h2-9H,1H2. The maximum Gasteiger partial charge on any atom is 0.416 e. The van der Waals surface area contributed by atoms with Crippen molar-refractivity contribution in [3.63, 3.8) is 0 Å². The molecule has 0 unspecified atom stereocenters. The fraction of sp³-hybridized carbons (Fsp3) is 0.0714. The Morgan fingerprint density at radius 3 is 1.94 bits per heavy atom. The molecule has 2 aromatic rings. The smallest absolute Gasteiger partial charge is 0.166 e. The van der Waals surface area contributed by atoms with Crippen LogP contribution in [0, 0.1) is 6.92 Å². The molecule has 1 radical (unpaired) electrons. The van der Waals surface area contributed by atoms with Gasteiger partial charge in [-0.25, -0.2) is 0 Å². The molecule has 2 rings (SSSR count). The summed E-state index contributed by atoms with van der Waals surface area (Å²) < 4.78 is 37.2. The van der Waals surface area contributed by atoms with Crippen molar-refractivity contribution in [3.05, 3.63) is 66.6 Å². The van der Waals surface area contributed by atoms with Crippen molar-refractivity contribution >= 4 is 0 Å². The SMILES string of the molecule is [CH2]c1ccccc1-c1ccc(C(F)(F)F)cc1. The molecule has 0 amide bonds. The van der Waals surface area contributed by atoms with Crippen LogP contribution in [0.15, 0.2) is 48.5 Å². The molecule has 0 aliphatic rings. The lowest BCUT2D eigenvalue weighted by molar-refractivity contribution is -0.137. The summed E-state index contributed by atoms with van der Waals surface area (Å²) in [4.78, 5) is 0. The van der Waals surface area contributed by atoms with Gasteiger partial charge >= 0.3 is 6.18 Å². The van der Waals surface area contributed by atoms with Gasteiger partial charge in [0.2, 0.25) is 0 Å². The zero-order valence-corrected chi connectivity index (χ0v) is 8.96. The first-order valence-electron chi connectivity index (χ1n) is 5.07. The van der Waals surface area contributed by atoms with Crippen LogP contribution in [-0.4, -0.2) is 0 Å². The molecule has 0 N–H and O–H groups in total. The van der Waals surface area contributed by atoms with E-state index in [2.05, 4.69) is 6.92 Å². The van der Waals surface area contributed by atoms with Crippen molar-refractivity contribution in [2.45, 2.75) is 6.18 Å². The normalized spacial score (nSPS) is 11.5. The summed E-state index contributed by atoms with van der Waals surface area (Å²) in [5.74, 6) is 0. The van der Waals surface area contributed by atoms with Gasteiger partial charge < -0.3 is 0 Å². The lowest BCUT2D eigenvalue weighted by Crippen LogP contribution is -2.04. The molecule has 0 fully saturated rings. The molecule has 87 valence electrons. The molecule has 0 saturated carbocycles. The molecule has 0 saturated heterocycles. The van der Waals surface area contributed by atoms with Crippen LogP contribution in [0.25, 0.3) is 11.1 Å². The minimum absolute atomic E-state index is 0.636. The molecule has 0 heterocycles. The second kappa shape index (κ2) is 4.24. The highest BCUT2D eigenvalue weighted by atomic mass is 19.4. The Morgan fingerprint density at radius 1 is 0.824 bits per heavy atom. The van der Waals surface area contributed by atoms with Crippen LogP contribution in [0.1, 0.15) is 11.1 Å². The van der Waals surface area contributed by atoms with Crippen LogP contribution in [0.4, 0.5) is 13.2 Å². The van der Waals surface area contributed by atoms with E-state index in [0.29, 0.717) is 0 Å². The average molecular weight is 235 g/mol. The van der Waals surface area contributed by atoms with E-state index in [1.165, 1.54) is 12.1 Å². The summed E-state index contributed by atoms with van der Waals surface area (Å²) >= 11 is 0. The quantitative estimate of drug-likeness (QED) is 0.680. The Kier molecular flexibility index (Phi) is 2.92. The van der Waals surface area contributed by atoms with Gasteiger partial charge in [0.15, 0.2) is 0 Å². The van der Waals surface area contributed by atoms with Gasteiger partial charge in [-0.3, -0.25) is 0 Å². The molecule has 2 aromatic carbocycles. The van der Waals surface area contributed by atoms with Gasteiger partial charge in [0.1, 0.15) is 0 Å². The number of alkyl halides is 3. The van der Waals surface area contributed by atoms with Gasteiger partial charge in [0.25, 0.3) is 0 Å². The van der Waals surface area contributed by atoms with E-state index in [1.807, 2.05) is 24.3 Å². The van der Waals surface area contributed by atoms with E-state index in [-0.39, 0.29) is 0 Å². The maximum atomic E-state index is 12.4. The lowest BCUT2D eigenvalue weighted by Gasteiger charge is -2.09. The van der Waals surface area contributed by atoms with Gasteiger partial charge in [-0.2, -0.15) is 13.2 Å². The molecule has 0 nitrogen and oxygen atoms in total. The second-order valence-corrected chi connectivity index (χ2v) is 3.73. The zero-order valence-electron chi connectivity index (χ0n) is 8.96. The van der Waals surface area contributed by atoms with E-state index >= 15 is 0 Å². The van der Waals surface area contributed by atoms with Crippen LogP contribution in [0.3, 0.4) is 0 Å². The number of halogens is 3. The van der Waals surface area contributed by atoms with Gasteiger partial charge in [-0.05, 0) is 35.7 Å². The van der Waals surface area contributed by atoms with Crippen LogP contribution in [0.5, 0.6) is 0 Å². The Hall–Kier alpha value is -1.77. The first-order chi connectivity index (χ1) is 7.98. The van der Waals surface area contributed by atoms with Crippen molar-refractivity contribution in [1.82, 2.24) is 0 Å². The minimum atomic E-state index is -4.29. The summed E-state index contributed by atoms with van der Waals surface area (Å²) in [6.45, 7) is 3.85. The number of benzene rings is 2. The lowest BCUT2D eigenvalue weighted by atomic mass is 9.99. The third kappa shape index (κ3) is 2.49. The van der Waals surface area contributed by atoms with E-state index in [1.54, 1.807) is 0 Å². The topological polar surface area (TPSA) is 0 Å². The van der Waals surface area contributed by atoms with E-state index < -0.39 is 11.7 Å². The largest absolute Gasteiger partial charge is 0.416 e. The summed E-state index contributed by atoms with van der Waals surface area (Å²) in [6.07, 6.45) is -4.29. The number of rotatable bonds is 1. The Balaban J connectivity index is 2.40. The van der Waals surface area contributed by atoms with Gasteiger partial charge in [-0.15, -0.1) is 0 Å². The van der Waals surface area contributed by atoms with Crippen LogP contribution >= 0.6 is 0 Å². The van der Waals surface area contributed by atoms with Crippen LogP contribution in [-0.2, 0) is 6.18 Å². The van der Waals surface area contributed by atoms with Crippen molar-refractivity contribution in [2.24, 2.45) is 0 Å². The summed E-state index contributed by atoms with van der Waals surface area (Å²) in [6, 6.07) is 12.4. The summed E-state index contributed by atoms with van der Waals surface area (Å²) in [7, 11) is 0. The third-order valence-electron chi connectivity index (χ3n) is 2.54. The van der Waals surface area contributed by atoms with Crippen LogP contribution < -0.4 is 0 Å². The molecule has 0 aliphatic heterocycles. The predicted molar refractivity (Wildman–Crippen MR) is 61.3 cm³/mol. The highest BCUT2D eigenvalue weighted by Crippen LogP contribution is 2.31. The fourth-order valence-corrected chi connectivity index (χ4v) is 1.64. The maximum absolute atomic E-state index is 12.4. The number of hydrogen-bond donors (Lipinski definition) is 0. The molecular weight excluding hydrogens is 225 g/mol. The van der Waals surface area contributed by atoms with E-state index in [9.17, 15) is 13.2 Å². The molecule has 17 heavy (non-hydrogen) atoms. The molecule has 0 aliphatic carbocycles. The predicted octanol–water partition coefficient (Wildman–Crippen LogP) is 4.55. The van der Waals surface area contributed by atoms with Crippen molar-refractivity contribution in [1.29, 1.82) is 0 Å². The highest BCUT2D eigenvalue weighted by molar-refractivity contribution is 5.68. The van der Waals surface area contributed by atoms with E-state index in [0.717, 1.165) is 28.8 Å². The molecule has 0 spiro atoms. The average Bonchev–Trinajstić information content (AvgIpc) is 2.29. The fourth-order valence-electron chi connectivity index (χ4n) is 1.64. The Morgan fingerprint density at radius 2 is 1.41 bits per heavy atom. The van der Waals surface area contributed by atoms with Crippen molar-refractivity contribution in [3.8, 4) is 11.1 Å². The first kappa shape index (κ1) is 11.7. The summed E-state index contributed by atoms with van der Waals surface area (Å²) in [5.41, 5.74) is 1.75. The number of hydrogen-bond acceptors (Lipinski definition) is 0. The van der Waals surface area contributed by atoms with Crippen LogP contribution in [0.2, 0.25) is 0 Å². The highest BCUT2D eigenvalue weighted by Gasteiger charge is 2.29. The van der Waals surface area contributed by atoms with Crippen molar-refractivity contribution < 1.29 is 13.2 Å². The van der Waals surface area contributed by atoms with Gasteiger partial charge in [0.05, 0.1) is 5.56 Å². The Bertz CT molecular complexity index is 510. The second-order valence-electron chi connectivity index (χ2n) is 3.73. The third-order valence-corrected chi connectivity index (χ3v) is 2.54. The first-order valence-corrected chi connectivity index (χ1v) is 5.07. The minimum Gasteiger partial charge on any atom is -0.166 e. The van der Waals surface area contributed by atoms with Gasteiger partial charge in [-0.1, -0.05) is 36.4 Å². The molecule has 0 aromatic heterocycles. The zero-order chi connectivity index (χ0) is 12.5. The van der Waals surface area contributed by atoms with E-state index in [4.69, 9.17) is 0 Å². The molecule has 0 atom stereocenters. The monoisotopic (exact) mass is 235 g/mol. The summed E-state index contributed by atoms with van der Waals surface area (Å²) in [5, 5.41) is 0. The molecule has 3 heteroatoms. The molecular formula is C14H10F3. The Labute approximate surface area is 97.7 Å². The van der Waals surface area contributed by atoms with Gasteiger partial charge in [0, 0.05) is 0 Å². The van der Waals surface area contributed by atoms with Crippen molar-refractivity contribution in [2.75, 3.05) is 0 Å².